The van der Waals surface area contributed by atoms with Gasteiger partial charge < -0.3 is 0 Å². The lowest BCUT2D eigenvalue weighted by molar-refractivity contribution is 0.978. The van der Waals surface area contributed by atoms with E-state index in [1.54, 1.807) is 0 Å². The van der Waals surface area contributed by atoms with Crippen molar-refractivity contribution < 1.29 is 0 Å². The van der Waals surface area contributed by atoms with Crippen molar-refractivity contribution in [2.45, 2.75) is 19.3 Å². The van der Waals surface area contributed by atoms with E-state index in [0.29, 0.717) is 5.92 Å². The molecule has 1 unspecified atom stereocenters. The van der Waals surface area contributed by atoms with Crippen LogP contribution < -0.4 is 0 Å². The van der Waals surface area contributed by atoms with Gasteiger partial charge in [0.25, 0.3) is 0 Å². The first kappa shape index (κ1) is 8.72. The predicted octanol–water partition coefficient (Wildman–Crippen LogP) is 4.07. The quantitative estimate of drug-likeness (QED) is 0.632. The van der Waals surface area contributed by atoms with Gasteiger partial charge in [0.15, 0.2) is 0 Å². The SMILES string of the molecule is CC1=Cc2ccccc2C1C1=CCC=C1. The van der Waals surface area contributed by atoms with Crippen LogP contribution >= 0.6 is 0 Å². The van der Waals surface area contributed by atoms with E-state index < -0.39 is 0 Å². The highest BCUT2D eigenvalue weighted by Crippen LogP contribution is 2.42. The summed E-state index contributed by atoms with van der Waals surface area (Å²) in [5.41, 5.74) is 5.79. The second-order valence-electron chi connectivity index (χ2n) is 4.29. The van der Waals surface area contributed by atoms with Crippen LogP contribution in [0.1, 0.15) is 30.4 Å². The first-order valence-corrected chi connectivity index (χ1v) is 5.50. The van der Waals surface area contributed by atoms with Crippen molar-refractivity contribution in [3.63, 3.8) is 0 Å². The zero-order valence-corrected chi connectivity index (χ0v) is 8.90. The summed E-state index contributed by atoms with van der Waals surface area (Å²) in [6, 6.07) is 8.71. The smallest absolute Gasteiger partial charge is 0.0302 e. The third-order valence-corrected chi connectivity index (χ3v) is 3.28. The summed E-state index contributed by atoms with van der Waals surface area (Å²) >= 11 is 0. The Morgan fingerprint density at radius 2 is 2.07 bits per heavy atom. The van der Waals surface area contributed by atoms with Crippen LogP contribution in [0.15, 0.2) is 53.6 Å². The van der Waals surface area contributed by atoms with E-state index in [-0.39, 0.29) is 0 Å². The molecule has 0 nitrogen and oxygen atoms in total. The summed E-state index contributed by atoms with van der Waals surface area (Å²) in [7, 11) is 0. The van der Waals surface area contributed by atoms with Gasteiger partial charge in [0.2, 0.25) is 0 Å². The maximum atomic E-state index is 2.34. The maximum absolute atomic E-state index is 2.34. The van der Waals surface area contributed by atoms with Gasteiger partial charge in [-0.1, -0.05) is 54.1 Å². The maximum Gasteiger partial charge on any atom is 0.0302 e. The molecule has 0 fully saturated rings. The van der Waals surface area contributed by atoms with Gasteiger partial charge in [-0.05, 0) is 30.0 Å². The first-order chi connectivity index (χ1) is 7.36. The van der Waals surface area contributed by atoms with E-state index >= 15 is 0 Å². The zero-order valence-electron chi connectivity index (χ0n) is 8.90. The minimum Gasteiger partial charge on any atom is -0.0804 e. The van der Waals surface area contributed by atoms with Gasteiger partial charge in [0, 0.05) is 5.92 Å². The molecular weight excluding hydrogens is 180 g/mol. The van der Waals surface area contributed by atoms with Crippen molar-refractivity contribution in [3.05, 3.63) is 64.8 Å². The van der Waals surface area contributed by atoms with E-state index in [1.807, 2.05) is 0 Å². The van der Waals surface area contributed by atoms with Crippen LogP contribution in [-0.2, 0) is 0 Å². The van der Waals surface area contributed by atoms with Gasteiger partial charge in [0.05, 0.1) is 0 Å². The fraction of sp³-hybridized carbons (Fsp3) is 0.200. The lowest BCUT2D eigenvalue weighted by Gasteiger charge is -2.14. The Morgan fingerprint density at radius 1 is 1.20 bits per heavy atom. The highest BCUT2D eigenvalue weighted by molar-refractivity contribution is 5.69. The van der Waals surface area contributed by atoms with E-state index in [4.69, 9.17) is 0 Å². The number of hydrogen-bond donors (Lipinski definition) is 0. The molecule has 1 aromatic carbocycles. The van der Waals surface area contributed by atoms with Crippen molar-refractivity contribution in [1.82, 2.24) is 0 Å². The van der Waals surface area contributed by atoms with Gasteiger partial charge in [0.1, 0.15) is 0 Å². The van der Waals surface area contributed by atoms with Crippen LogP contribution in [0.5, 0.6) is 0 Å². The van der Waals surface area contributed by atoms with Gasteiger partial charge >= 0.3 is 0 Å². The van der Waals surface area contributed by atoms with Crippen molar-refractivity contribution >= 4 is 6.08 Å². The Kier molecular flexibility index (Phi) is 1.88. The normalized spacial score (nSPS) is 22.6. The molecule has 0 saturated carbocycles. The Bertz CT molecular complexity index is 487. The van der Waals surface area contributed by atoms with E-state index in [9.17, 15) is 0 Å². The van der Waals surface area contributed by atoms with Gasteiger partial charge in [-0.2, -0.15) is 0 Å². The zero-order chi connectivity index (χ0) is 10.3. The minimum absolute atomic E-state index is 0.514. The van der Waals surface area contributed by atoms with Crippen LogP contribution in [-0.4, -0.2) is 0 Å². The number of benzene rings is 1. The fourth-order valence-electron chi connectivity index (χ4n) is 2.61. The topological polar surface area (TPSA) is 0 Å². The molecule has 15 heavy (non-hydrogen) atoms. The summed E-state index contributed by atoms with van der Waals surface area (Å²) in [6.07, 6.45) is 10.3. The Balaban J connectivity index is 2.11. The molecule has 0 heteroatoms. The van der Waals surface area contributed by atoms with Crippen molar-refractivity contribution in [1.29, 1.82) is 0 Å². The number of rotatable bonds is 1. The van der Waals surface area contributed by atoms with Crippen LogP contribution in [0.3, 0.4) is 0 Å². The highest BCUT2D eigenvalue weighted by Gasteiger charge is 2.24. The second-order valence-corrected chi connectivity index (χ2v) is 4.29. The molecule has 0 spiro atoms. The summed E-state index contributed by atoms with van der Waals surface area (Å²) < 4.78 is 0. The average molecular weight is 194 g/mol. The fourth-order valence-corrected chi connectivity index (χ4v) is 2.61. The Morgan fingerprint density at radius 3 is 2.87 bits per heavy atom. The van der Waals surface area contributed by atoms with Crippen molar-refractivity contribution in [3.8, 4) is 0 Å². The molecule has 0 aliphatic heterocycles. The third kappa shape index (κ3) is 1.29. The summed E-state index contributed by atoms with van der Waals surface area (Å²) in [5, 5.41) is 0. The number of allylic oxidation sites excluding steroid dienone is 5. The number of hydrogen-bond acceptors (Lipinski definition) is 0. The standard InChI is InChI=1S/C15H14/c1-11-10-13-8-4-5-9-14(13)15(11)12-6-2-3-7-12/h2,4-10,15H,3H2,1H3. The largest absolute Gasteiger partial charge is 0.0804 e. The molecule has 2 aliphatic rings. The molecule has 2 aliphatic carbocycles. The van der Waals surface area contributed by atoms with Crippen LogP contribution in [0.2, 0.25) is 0 Å². The Labute approximate surface area is 90.6 Å². The van der Waals surface area contributed by atoms with Crippen LogP contribution in [0.25, 0.3) is 6.08 Å². The molecule has 0 saturated heterocycles. The van der Waals surface area contributed by atoms with Crippen LogP contribution in [0.4, 0.5) is 0 Å². The van der Waals surface area contributed by atoms with E-state index in [0.717, 1.165) is 6.42 Å². The van der Waals surface area contributed by atoms with Gasteiger partial charge in [-0.25, -0.2) is 0 Å². The molecular formula is C15H14. The van der Waals surface area contributed by atoms with E-state index in [2.05, 4.69) is 55.5 Å². The summed E-state index contributed by atoms with van der Waals surface area (Å²) in [5.74, 6) is 0.514. The number of fused-ring (bicyclic) bond motifs is 1. The molecule has 1 atom stereocenters. The second kappa shape index (κ2) is 3.23. The lowest BCUT2D eigenvalue weighted by atomic mass is 9.89. The van der Waals surface area contributed by atoms with Crippen molar-refractivity contribution in [2.24, 2.45) is 0 Å². The molecule has 0 heterocycles. The molecule has 74 valence electrons. The van der Waals surface area contributed by atoms with Gasteiger partial charge in [-0.3, -0.25) is 0 Å². The predicted molar refractivity (Wildman–Crippen MR) is 64.7 cm³/mol. The summed E-state index contributed by atoms with van der Waals surface area (Å²) in [6.45, 7) is 2.23. The first-order valence-electron chi connectivity index (χ1n) is 5.50. The molecule has 0 aromatic heterocycles. The molecule has 3 rings (SSSR count). The summed E-state index contributed by atoms with van der Waals surface area (Å²) in [4.78, 5) is 0. The molecule has 0 bridgehead atoms. The third-order valence-electron chi connectivity index (χ3n) is 3.28. The average Bonchev–Trinajstić information content (AvgIpc) is 2.82. The lowest BCUT2D eigenvalue weighted by Crippen LogP contribution is -1.98. The Hall–Kier alpha value is -1.56. The van der Waals surface area contributed by atoms with Crippen LogP contribution in [0, 0.1) is 0 Å². The molecule has 0 amide bonds. The van der Waals surface area contributed by atoms with Gasteiger partial charge in [-0.15, -0.1) is 0 Å². The molecule has 0 radical (unpaired) electrons. The minimum atomic E-state index is 0.514. The monoisotopic (exact) mass is 194 g/mol. The highest BCUT2D eigenvalue weighted by atomic mass is 14.3. The van der Waals surface area contributed by atoms with E-state index in [1.165, 1.54) is 22.3 Å². The molecule has 0 N–H and O–H groups in total. The van der Waals surface area contributed by atoms with Crippen molar-refractivity contribution in [2.75, 3.05) is 0 Å². The molecule has 1 aromatic rings.